The Kier molecular flexibility index (Phi) is 6.05. The number of amides is 1. The third-order valence-electron chi connectivity index (χ3n) is 5.33. The van der Waals surface area contributed by atoms with E-state index in [4.69, 9.17) is 0 Å². The summed E-state index contributed by atoms with van der Waals surface area (Å²) in [6.45, 7) is 1.68. The second-order valence-electron chi connectivity index (χ2n) is 7.64. The van der Waals surface area contributed by atoms with Crippen LogP contribution < -0.4 is 5.01 Å². The van der Waals surface area contributed by atoms with Gasteiger partial charge in [-0.1, -0.05) is 52.3 Å². The quantitative estimate of drug-likeness (QED) is 0.238. The van der Waals surface area contributed by atoms with Gasteiger partial charge >= 0.3 is 0 Å². The van der Waals surface area contributed by atoms with Gasteiger partial charge in [-0.15, -0.1) is 11.3 Å². The first-order chi connectivity index (χ1) is 16.7. The molecule has 0 fully saturated rings. The maximum Gasteiger partial charge on any atom is 0.295 e. The molecule has 2 heterocycles. The van der Waals surface area contributed by atoms with Gasteiger partial charge in [-0.05, 0) is 31.2 Å². The van der Waals surface area contributed by atoms with Crippen molar-refractivity contribution in [1.82, 2.24) is 4.98 Å². The average molecular weight is 570 g/mol. The van der Waals surface area contributed by atoms with Gasteiger partial charge in [0.1, 0.15) is 4.90 Å². The fourth-order valence-electron chi connectivity index (χ4n) is 3.63. The van der Waals surface area contributed by atoms with Crippen molar-refractivity contribution in [3.05, 3.63) is 70.5 Å². The molecule has 1 amide bonds. The van der Waals surface area contributed by atoms with Crippen LogP contribution in [0.2, 0.25) is 0 Å². The minimum atomic E-state index is -4.41. The predicted molar refractivity (Wildman–Crippen MR) is 138 cm³/mol. The largest absolute Gasteiger partial charge is 0.295 e. The fourth-order valence-corrected chi connectivity index (χ4v) is 5.38. The summed E-state index contributed by atoms with van der Waals surface area (Å²) in [7, 11) is -4.41. The van der Waals surface area contributed by atoms with Crippen LogP contribution in [0.15, 0.2) is 90.7 Å². The van der Waals surface area contributed by atoms with E-state index < -0.39 is 16.2 Å². The summed E-state index contributed by atoms with van der Waals surface area (Å²) in [6, 6.07) is 16.1. The van der Waals surface area contributed by atoms with Gasteiger partial charge in [-0.25, -0.2) is 4.98 Å². The Balaban J connectivity index is 1.42. The van der Waals surface area contributed by atoms with Crippen molar-refractivity contribution in [2.24, 2.45) is 15.3 Å². The van der Waals surface area contributed by atoms with Crippen molar-refractivity contribution in [2.75, 3.05) is 5.01 Å². The van der Waals surface area contributed by atoms with Crippen LogP contribution >= 0.6 is 27.3 Å². The predicted octanol–water partition coefficient (Wildman–Crippen LogP) is 5.85. The number of carbonyl (C=O) groups excluding carboxylic acids is 1. The van der Waals surface area contributed by atoms with Crippen molar-refractivity contribution < 1.29 is 17.8 Å². The number of hydrogen-bond donors (Lipinski definition) is 1. The number of fused-ring (bicyclic) bond motifs is 1. The van der Waals surface area contributed by atoms with Crippen molar-refractivity contribution in [3.8, 4) is 11.3 Å². The fraction of sp³-hybridized carbons (Fsp3) is 0.0870. The normalized spacial score (nSPS) is 16.4. The Bertz CT molecular complexity index is 1630. The molecule has 3 aromatic carbocycles. The first-order valence-electron chi connectivity index (χ1n) is 10.2. The van der Waals surface area contributed by atoms with Crippen LogP contribution in [0, 0.1) is 0 Å². The number of hydrogen-bond acceptors (Lipinski definition) is 8. The molecule has 0 saturated heterocycles. The summed E-state index contributed by atoms with van der Waals surface area (Å²) in [4.78, 5) is 17.4. The number of carbonyl (C=O) groups is 1. The zero-order chi connectivity index (χ0) is 24.7. The molecule has 0 aliphatic carbocycles. The smallest absolute Gasteiger partial charge is 0.282 e. The molecule has 1 atom stereocenters. The highest BCUT2D eigenvalue weighted by molar-refractivity contribution is 9.10. The van der Waals surface area contributed by atoms with Crippen LogP contribution in [0.25, 0.3) is 22.0 Å². The van der Waals surface area contributed by atoms with Crippen molar-refractivity contribution in [1.29, 1.82) is 0 Å². The minimum Gasteiger partial charge on any atom is -0.282 e. The van der Waals surface area contributed by atoms with Gasteiger partial charge in [0.2, 0.25) is 5.13 Å². The number of anilines is 1. The van der Waals surface area contributed by atoms with Crippen LogP contribution in [-0.4, -0.2) is 35.6 Å². The van der Waals surface area contributed by atoms with Crippen LogP contribution in [0.1, 0.15) is 6.92 Å². The number of hydrazone groups is 1. The molecule has 0 bridgehead atoms. The lowest BCUT2D eigenvalue weighted by atomic mass is 10.1. The van der Waals surface area contributed by atoms with Gasteiger partial charge in [0.05, 0.1) is 17.1 Å². The van der Waals surface area contributed by atoms with Gasteiger partial charge < -0.3 is 0 Å². The zero-order valence-corrected chi connectivity index (χ0v) is 21.2. The first kappa shape index (κ1) is 23.4. The van der Waals surface area contributed by atoms with E-state index in [1.165, 1.54) is 28.5 Å². The lowest BCUT2D eigenvalue weighted by molar-refractivity contribution is -0.117. The summed E-state index contributed by atoms with van der Waals surface area (Å²) in [5.41, 5.74) is 2.46. The van der Waals surface area contributed by atoms with E-state index in [1.807, 2.05) is 29.6 Å². The number of thiazole rings is 1. The van der Waals surface area contributed by atoms with Crippen molar-refractivity contribution in [3.63, 3.8) is 0 Å². The third-order valence-corrected chi connectivity index (χ3v) is 7.59. The molecule has 12 heteroatoms. The maximum atomic E-state index is 13.1. The van der Waals surface area contributed by atoms with Crippen LogP contribution in [-0.2, 0) is 14.9 Å². The number of aromatic nitrogens is 1. The molecule has 1 aliphatic heterocycles. The second-order valence-corrected chi connectivity index (χ2v) is 10.8. The highest BCUT2D eigenvalue weighted by Crippen LogP contribution is 2.33. The Hall–Kier alpha value is -3.32. The molecular weight excluding hydrogens is 554 g/mol. The number of nitrogens with zero attached hydrogens (tertiary/aromatic N) is 5. The molecule has 4 aromatic rings. The van der Waals surface area contributed by atoms with Gasteiger partial charge in [0.15, 0.2) is 6.04 Å². The molecule has 5 rings (SSSR count). The lowest BCUT2D eigenvalue weighted by Gasteiger charge is -2.09. The summed E-state index contributed by atoms with van der Waals surface area (Å²) in [5.74, 6) is -0.387. The summed E-state index contributed by atoms with van der Waals surface area (Å²) in [6.07, 6.45) is 0. The topological polar surface area (TPSA) is 125 Å². The van der Waals surface area contributed by atoms with Gasteiger partial charge in [0, 0.05) is 26.2 Å². The maximum absolute atomic E-state index is 13.1. The molecule has 0 spiro atoms. The molecule has 1 aromatic heterocycles. The number of azo groups is 1. The average Bonchev–Trinajstić information content (AvgIpc) is 3.42. The van der Waals surface area contributed by atoms with E-state index in [0.29, 0.717) is 27.3 Å². The molecule has 176 valence electrons. The van der Waals surface area contributed by atoms with E-state index in [2.05, 4.69) is 36.2 Å². The molecule has 1 N–H and O–H groups in total. The second kappa shape index (κ2) is 9.04. The van der Waals surface area contributed by atoms with E-state index in [-0.39, 0.29) is 10.8 Å². The third kappa shape index (κ3) is 4.52. The summed E-state index contributed by atoms with van der Waals surface area (Å²) in [5, 5.41) is 17.1. The summed E-state index contributed by atoms with van der Waals surface area (Å²) >= 11 is 4.71. The molecule has 9 nitrogen and oxygen atoms in total. The van der Waals surface area contributed by atoms with Crippen LogP contribution in [0.5, 0.6) is 0 Å². The zero-order valence-electron chi connectivity index (χ0n) is 18.0. The number of benzene rings is 3. The Morgan fingerprint density at radius 2 is 1.77 bits per heavy atom. The number of rotatable bonds is 5. The minimum absolute atomic E-state index is 0.224. The SMILES string of the molecule is CC1=NN(c2nc(-c3ccc(Br)cc3)cs2)C(=O)[C@@H]1N=Nc1ccc(S(=O)(=O)O)c2ccccc12. The van der Waals surface area contributed by atoms with Crippen molar-refractivity contribution in [2.45, 2.75) is 17.9 Å². The van der Waals surface area contributed by atoms with E-state index in [0.717, 1.165) is 15.7 Å². The highest BCUT2D eigenvalue weighted by atomic mass is 79.9. The summed E-state index contributed by atoms with van der Waals surface area (Å²) < 4.78 is 33.9. The Labute approximate surface area is 212 Å². The van der Waals surface area contributed by atoms with Gasteiger partial charge in [-0.2, -0.15) is 28.8 Å². The van der Waals surface area contributed by atoms with Gasteiger partial charge in [-0.3, -0.25) is 9.35 Å². The monoisotopic (exact) mass is 569 g/mol. The van der Waals surface area contributed by atoms with Crippen LogP contribution in [0.3, 0.4) is 0 Å². The van der Waals surface area contributed by atoms with E-state index >= 15 is 0 Å². The lowest BCUT2D eigenvalue weighted by Crippen LogP contribution is -2.29. The molecule has 35 heavy (non-hydrogen) atoms. The highest BCUT2D eigenvalue weighted by Gasteiger charge is 2.36. The Morgan fingerprint density at radius 3 is 2.49 bits per heavy atom. The molecule has 0 radical (unpaired) electrons. The number of halogens is 1. The molecule has 1 aliphatic rings. The van der Waals surface area contributed by atoms with Crippen LogP contribution in [0.4, 0.5) is 10.8 Å². The van der Waals surface area contributed by atoms with E-state index in [9.17, 15) is 17.8 Å². The standard InChI is InChI=1S/C23H16BrN5O4S2/c1-13-21(27-26-18-10-11-20(35(31,32)33)17-5-3-2-4-16(17)18)22(30)29(28-13)23-25-19(12-34-23)14-6-8-15(24)9-7-14/h2-12,21H,1H3,(H,31,32,33)/t21-/m1/s1. The molecule has 0 unspecified atom stereocenters. The molecule has 0 saturated carbocycles. The molecular formula is C23H16BrN5O4S2. The van der Waals surface area contributed by atoms with Crippen molar-refractivity contribution >= 4 is 70.6 Å². The Morgan fingerprint density at radius 1 is 1.06 bits per heavy atom. The first-order valence-corrected chi connectivity index (χ1v) is 13.3. The van der Waals surface area contributed by atoms with E-state index in [1.54, 1.807) is 31.2 Å². The van der Waals surface area contributed by atoms with Gasteiger partial charge in [0.25, 0.3) is 16.0 Å².